The number of amides is 2. The summed E-state index contributed by atoms with van der Waals surface area (Å²) in [6.07, 6.45) is -0.252. The number of carboxylic acid groups (broad SMARTS) is 1. The number of nitrogens with zero attached hydrogens (tertiary/aromatic N) is 1. The molecule has 8 heteroatoms. The van der Waals surface area contributed by atoms with E-state index in [0.717, 1.165) is 0 Å². The lowest BCUT2D eigenvalue weighted by Crippen LogP contribution is -2.50. The Morgan fingerprint density at radius 2 is 2.19 bits per heavy atom. The van der Waals surface area contributed by atoms with E-state index in [9.17, 15) is 14.4 Å². The van der Waals surface area contributed by atoms with Gasteiger partial charge in [0.1, 0.15) is 0 Å². The molecule has 2 atom stereocenters. The van der Waals surface area contributed by atoms with Crippen LogP contribution < -0.4 is 5.32 Å². The number of nitrogens with one attached hydrogen (secondary N) is 1. The molecule has 120 valence electrons. The number of morpholine rings is 1. The van der Waals surface area contributed by atoms with Crippen molar-refractivity contribution in [1.29, 1.82) is 0 Å². The van der Waals surface area contributed by atoms with E-state index in [1.165, 1.54) is 7.11 Å². The van der Waals surface area contributed by atoms with Gasteiger partial charge in [0, 0.05) is 26.1 Å². The standard InChI is InChI=1S/C13H22N2O6/c1-9(5-11(16)17)7-14-13(19)15-3-4-21-10(8-15)6-12(18)20-2/h9-10H,3-8H2,1-2H3,(H,14,19)(H,16,17). The Bertz CT molecular complexity index is 387. The van der Waals surface area contributed by atoms with E-state index in [0.29, 0.717) is 26.2 Å². The molecule has 2 amide bonds. The lowest BCUT2D eigenvalue weighted by molar-refractivity contribution is -0.145. The smallest absolute Gasteiger partial charge is 0.317 e. The van der Waals surface area contributed by atoms with E-state index in [1.54, 1.807) is 11.8 Å². The normalized spacial score (nSPS) is 19.7. The van der Waals surface area contributed by atoms with E-state index in [1.807, 2.05) is 0 Å². The molecule has 2 unspecified atom stereocenters. The predicted molar refractivity (Wildman–Crippen MR) is 72.8 cm³/mol. The van der Waals surface area contributed by atoms with Gasteiger partial charge in [-0.3, -0.25) is 9.59 Å². The first-order chi connectivity index (χ1) is 9.92. The molecule has 1 heterocycles. The number of carbonyl (C=O) groups excluding carboxylic acids is 2. The lowest BCUT2D eigenvalue weighted by Gasteiger charge is -2.32. The van der Waals surface area contributed by atoms with Crippen LogP contribution >= 0.6 is 0 Å². The van der Waals surface area contributed by atoms with Crippen LogP contribution in [0.2, 0.25) is 0 Å². The second kappa shape index (κ2) is 8.46. The van der Waals surface area contributed by atoms with Gasteiger partial charge in [-0.2, -0.15) is 0 Å². The quantitative estimate of drug-likeness (QED) is 0.673. The largest absolute Gasteiger partial charge is 0.481 e. The summed E-state index contributed by atoms with van der Waals surface area (Å²) in [5.74, 6) is -1.41. The van der Waals surface area contributed by atoms with Crippen molar-refractivity contribution in [3.63, 3.8) is 0 Å². The van der Waals surface area contributed by atoms with Crippen molar-refractivity contribution in [3.05, 3.63) is 0 Å². The zero-order valence-corrected chi connectivity index (χ0v) is 12.3. The first-order valence-corrected chi connectivity index (χ1v) is 6.85. The van der Waals surface area contributed by atoms with Gasteiger partial charge in [0.05, 0.1) is 26.2 Å². The highest BCUT2D eigenvalue weighted by Crippen LogP contribution is 2.10. The highest BCUT2D eigenvalue weighted by atomic mass is 16.5. The lowest BCUT2D eigenvalue weighted by atomic mass is 10.1. The first kappa shape index (κ1) is 17.2. The number of urea groups is 1. The van der Waals surface area contributed by atoms with Crippen LogP contribution in [0.1, 0.15) is 19.8 Å². The fourth-order valence-corrected chi connectivity index (χ4v) is 2.04. The summed E-state index contributed by atoms with van der Waals surface area (Å²) < 4.78 is 9.98. The summed E-state index contributed by atoms with van der Waals surface area (Å²) in [4.78, 5) is 35.3. The van der Waals surface area contributed by atoms with Crippen molar-refractivity contribution in [3.8, 4) is 0 Å². The van der Waals surface area contributed by atoms with Gasteiger partial charge >= 0.3 is 18.0 Å². The Labute approximate surface area is 123 Å². The first-order valence-electron chi connectivity index (χ1n) is 6.85. The van der Waals surface area contributed by atoms with E-state index in [4.69, 9.17) is 9.84 Å². The summed E-state index contributed by atoms with van der Waals surface area (Å²) in [6, 6.07) is -0.273. The fourth-order valence-electron chi connectivity index (χ4n) is 2.04. The molecule has 0 spiro atoms. The number of carbonyl (C=O) groups is 3. The van der Waals surface area contributed by atoms with Crippen molar-refractivity contribution in [2.24, 2.45) is 5.92 Å². The minimum absolute atomic E-state index is 0.00829. The summed E-state index contributed by atoms with van der Waals surface area (Å²) in [7, 11) is 1.31. The molecule has 0 saturated carbocycles. The molecule has 0 aromatic rings. The van der Waals surface area contributed by atoms with Crippen LogP contribution in [0.3, 0.4) is 0 Å². The summed E-state index contributed by atoms with van der Waals surface area (Å²) in [5.41, 5.74) is 0. The molecular weight excluding hydrogens is 280 g/mol. The van der Waals surface area contributed by atoms with Crippen molar-refractivity contribution in [2.75, 3.05) is 33.4 Å². The average Bonchev–Trinajstić information content (AvgIpc) is 2.44. The number of aliphatic carboxylic acids is 1. The number of esters is 1. The monoisotopic (exact) mass is 302 g/mol. The topological polar surface area (TPSA) is 105 Å². The molecule has 1 saturated heterocycles. The maximum absolute atomic E-state index is 12.0. The van der Waals surface area contributed by atoms with Crippen LogP contribution in [-0.4, -0.2) is 67.4 Å². The Balaban J connectivity index is 2.36. The highest BCUT2D eigenvalue weighted by Gasteiger charge is 2.26. The fraction of sp³-hybridized carbons (Fsp3) is 0.769. The second-order valence-electron chi connectivity index (χ2n) is 5.11. The third-order valence-electron chi connectivity index (χ3n) is 3.17. The van der Waals surface area contributed by atoms with Gasteiger partial charge in [0.25, 0.3) is 0 Å². The van der Waals surface area contributed by atoms with Crippen LogP contribution in [0.15, 0.2) is 0 Å². The zero-order chi connectivity index (χ0) is 15.8. The second-order valence-corrected chi connectivity index (χ2v) is 5.11. The van der Waals surface area contributed by atoms with Gasteiger partial charge < -0.3 is 24.8 Å². The number of rotatable bonds is 6. The molecule has 0 aromatic heterocycles. The van der Waals surface area contributed by atoms with Crippen LogP contribution in [0, 0.1) is 5.92 Å². The molecule has 21 heavy (non-hydrogen) atoms. The molecule has 0 aromatic carbocycles. The molecule has 0 radical (unpaired) electrons. The van der Waals surface area contributed by atoms with Crippen molar-refractivity contribution >= 4 is 18.0 Å². The zero-order valence-electron chi connectivity index (χ0n) is 12.3. The summed E-state index contributed by atoms with van der Waals surface area (Å²) in [5, 5.41) is 11.4. The van der Waals surface area contributed by atoms with Crippen LogP contribution in [0.4, 0.5) is 4.79 Å². The minimum atomic E-state index is -0.888. The average molecular weight is 302 g/mol. The van der Waals surface area contributed by atoms with E-state index >= 15 is 0 Å². The maximum Gasteiger partial charge on any atom is 0.317 e. The van der Waals surface area contributed by atoms with E-state index < -0.39 is 5.97 Å². The molecule has 2 N–H and O–H groups in total. The molecule has 0 bridgehead atoms. The Morgan fingerprint density at radius 3 is 2.81 bits per heavy atom. The van der Waals surface area contributed by atoms with Gasteiger partial charge in [-0.05, 0) is 5.92 Å². The van der Waals surface area contributed by atoms with Crippen LogP contribution in [-0.2, 0) is 19.1 Å². The predicted octanol–water partition coefficient (Wildman–Crippen LogP) is 0.0707. The number of hydrogen-bond donors (Lipinski definition) is 2. The SMILES string of the molecule is COC(=O)CC1CN(C(=O)NCC(C)CC(=O)O)CCO1. The van der Waals surface area contributed by atoms with Crippen LogP contribution in [0.25, 0.3) is 0 Å². The van der Waals surface area contributed by atoms with E-state index in [2.05, 4.69) is 10.1 Å². The molecule has 1 aliphatic heterocycles. The van der Waals surface area contributed by atoms with E-state index in [-0.39, 0.29) is 36.9 Å². The number of methoxy groups -OCH3 is 1. The third kappa shape index (κ3) is 6.44. The molecule has 0 aliphatic carbocycles. The van der Waals surface area contributed by atoms with Gasteiger partial charge in [0.2, 0.25) is 0 Å². The maximum atomic E-state index is 12.0. The minimum Gasteiger partial charge on any atom is -0.481 e. The Hall–Kier alpha value is -1.83. The summed E-state index contributed by atoms with van der Waals surface area (Å²) in [6.45, 7) is 3.17. The summed E-state index contributed by atoms with van der Waals surface area (Å²) >= 11 is 0. The van der Waals surface area contributed by atoms with Gasteiger partial charge in [0.15, 0.2) is 0 Å². The van der Waals surface area contributed by atoms with Crippen molar-refractivity contribution in [1.82, 2.24) is 10.2 Å². The highest BCUT2D eigenvalue weighted by molar-refractivity contribution is 5.75. The number of carboxylic acids is 1. The van der Waals surface area contributed by atoms with Crippen molar-refractivity contribution in [2.45, 2.75) is 25.9 Å². The molecule has 1 fully saturated rings. The Morgan fingerprint density at radius 1 is 1.48 bits per heavy atom. The third-order valence-corrected chi connectivity index (χ3v) is 3.17. The number of ether oxygens (including phenoxy) is 2. The Kier molecular flexibility index (Phi) is 6.93. The van der Waals surface area contributed by atoms with Crippen LogP contribution in [0.5, 0.6) is 0 Å². The van der Waals surface area contributed by atoms with Crippen molar-refractivity contribution < 1.29 is 29.0 Å². The van der Waals surface area contributed by atoms with Gasteiger partial charge in [-0.1, -0.05) is 6.92 Å². The molecular formula is C13H22N2O6. The van der Waals surface area contributed by atoms with Gasteiger partial charge in [-0.25, -0.2) is 4.79 Å². The molecule has 1 aliphatic rings. The van der Waals surface area contributed by atoms with Gasteiger partial charge in [-0.15, -0.1) is 0 Å². The number of hydrogen-bond acceptors (Lipinski definition) is 5. The molecule has 1 rings (SSSR count). The molecule has 8 nitrogen and oxygen atoms in total.